The summed E-state index contributed by atoms with van der Waals surface area (Å²) < 4.78 is 25.5. The molecular weight excluding hydrogens is 250 g/mol. The van der Waals surface area contributed by atoms with Crippen LogP contribution in [0.3, 0.4) is 0 Å². The lowest BCUT2D eigenvalue weighted by atomic mass is 9.93. The minimum atomic E-state index is -3.65. The van der Waals surface area contributed by atoms with E-state index in [-0.39, 0.29) is 11.5 Å². The van der Waals surface area contributed by atoms with Crippen molar-refractivity contribution in [2.75, 3.05) is 6.54 Å². The van der Waals surface area contributed by atoms with Crippen LogP contribution < -0.4 is 16.2 Å². The highest BCUT2D eigenvalue weighted by molar-refractivity contribution is 7.93. The number of rotatable bonds is 6. The summed E-state index contributed by atoms with van der Waals surface area (Å²) in [5, 5.41) is -0.980. The van der Waals surface area contributed by atoms with Crippen molar-refractivity contribution in [3.8, 4) is 0 Å². The molecular formula is C8H17N3O3S2. The van der Waals surface area contributed by atoms with Crippen LogP contribution in [0.25, 0.3) is 0 Å². The molecule has 0 aromatic heterocycles. The average Bonchev–Trinajstić information content (AvgIpc) is 2.13. The molecule has 0 radical (unpaired) electrons. The number of hydrogen-bond acceptors (Lipinski definition) is 4. The average molecular weight is 267 g/mol. The summed E-state index contributed by atoms with van der Waals surface area (Å²) in [4.78, 5) is 10.9. The molecule has 94 valence electrons. The maximum Gasteiger partial charge on any atom is 0.224 e. The molecule has 0 aliphatic carbocycles. The largest absolute Gasteiger partial charge is 0.392 e. The zero-order valence-electron chi connectivity index (χ0n) is 9.48. The van der Waals surface area contributed by atoms with E-state index in [9.17, 15) is 13.2 Å². The van der Waals surface area contributed by atoms with Crippen LogP contribution in [0.2, 0.25) is 0 Å². The minimum Gasteiger partial charge on any atom is -0.392 e. The lowest BCUT2D eigenvalue weighted by Crippen LogP contribution is -2.46. The van der Waals surface area contributed by atoms with Gasteiger partial charge in [0.25, 0.3) is 0 Å². The fourth-order valence-electron chi connectivity index (χ4n) is 0.646. The Morgan fingerprint density at radius 2 is 1.88 bits per heavy atom. The van der Waals surface area contributed by atoms with Gasteiger partial charge in [-0.3, -0.25) is 4.79 Å². The van der Waals surface area contributed by atoms with E-state index in [1.54, 1.807) is 13.8 Å². The topological polar surface area (TPSA) is 115 Å². The number of primary amides is 1. The van der Waals surface area contributed by atoms with E-state index in [4.69, 9.17) is 11.5 Å². The molecule has 1 amide bonds. The van der Waals surface area contributed by atoms with Gasteiger partial charge in [-0.25, -0.2) is 13.1 Å². The smallest absolute Gasteiger partial charge is 0.224 e. The number of hydrogen-bond donors (Lipinski definition) is 3. The number of carbonyl (C=O) groups is 1. The lowest BCUT2D eigenvalue weighted by Gasteiger charge is -2.22. The second-order valence-electron chi connectivity index (χ2n) is 4.16. The molecule has 8 heteroatoms. The summed E-state index contributed by atoms with van der Waals surface area (Å²) in [7, 11) is -3.65. The Kier molecular flexibility index (Phi) is 4.84. The summed E-state index contributed by atoms with van der Waals surface area (Å²) in [6.45, 7) is 4.38. The van der Waals surface area contributed by atoms with Crippen molar-refractivity contribution in [2.45, 2.75) is 26.0 Å². The van der Waals surface area contributed by atoms with Gasteiger partial charge in [-0.1, -0.05) is 12.2 Å². The zero-order valence-corrected chi connectivity index (χ0v) is 11.1. The van der Waals surface area contributed by atoms with Crippen LogP contribution in [0.4, 0.5) is 0 Å². The monoisotopic (exact) mass is 267 g/mol. The Balaban J connectivity index is 4.65. The van der Waals surface area contributed by atoms with Crippen molar-refractivity contribution < 1.29 is 13.2 Å². The normalized spacial score (nSPS) is 14.4. The van der Waals surface area contributed by atoms with E-state index in [2.05, 4.69) is 16.9 Å². The van der Waals surface area contributed by atoms with E-state index in [0.717, 1.165) is 0 Å². The first kappa shape index (κ1) is 15.3. The van der Waals surface area contributed by atoms with Crippen molar-refractivity contribution in [2.24, 2.45) is 16.9 Å². The highest BCUT2D eigenvalue weighted by Crippen LogP contribution is 2.13. The van der Waals surface area contributed by atoms with Gasteiger partial charge in [0.2, 0.25) is 15.9 Å². The van der Waals surface area contributed by atoms with E-state index < -0.39 is 26.6 Å². The number of nitrogens with one attached hydrogen (secondary N) is 1. The van der Waals surface area contributed by atoms with Crippen LogP contribution in [0.15, 0.2) is 0 Å². The second kappa shape index (κ2) is 5.07. The second-order valence-corrected chi connectivity index (χ2v) is 6.72. The first-order valence-corrected chi connectivity index (χ1v) is 6.54. The van der Waals surface area contributed by atoms with E-state index in [0.29, 0.717) is 0 Å². The van der Waals surface area contributed by atoms with Gasteiger partial charge in [0.15, 0.2) is 0 Å². The van der Waals surface area contributed by atoms with Crippen molar-refractivity contribution in [3.05, 3.63) is 0 Å². The first-order valence-electron chi connectivity index (χ1n) is 4.58. The van der Waals surface area contributed by atoms with Crippen molar-refractivity contribution in [1.82, 2.24) is 4.72 Å². The molecule has 1 atom stereocenters. The molecule has 5 N–H and O–H groups in total. The lowest BCUT2D eigenvalue weighted by molar-refractivity contribution is -0.125. The Bertz CT molecular complexity index is 389. The van der Waals surface area contributed by atoms with Crippen LogP contribution in [0.1, 0.15) is 20.8 Å². The highest BCUT2D eigenvalue weighted by Gasteiger charge is 2.29. The van der Waals surface area contributed by atoms with Crippen LogP contribution in [-0.2, 0) is 14.8 Å². The van der Waals surface area contributed by atoms with Crippen LogP contribution in [0.5, 0.6) is 0 Å². The zero-order chi connectivity index (χ0) is 13.1. The molecule has 0 rings (SSSR count). The maximum absolute atomic E-state index is 11.6. The fourth-order valence-corrected chi connectivity index (χ4v) is 2.14. The van der Waals surface area contributed by atoms with Gasteiger partial charge >= 0.3 is 0 Å². The van der Waals surface area contributed by atoms with Gasteiger partial charge in [-0.2, -0.15) is 0 Å². The molecule has 0 spiro atoms. The number of sulfonamides is 1. The molecule has 16 heavy (non-hydrogen) atoms. The third-order valence-electron chi connectivity index (χ3n) is 2.25. The van der Waals surface area contributed by atoms with Crippen molar-refractivity contribution in [1.29, 1.82) is 0 Å². The number of thiocarbonyl (C=S) groups is 1. The summed E-state index contributed by atoms with van der Waals surface area (Å²) in [6.07, 6.45) is 0. The molecule has 0 aliphatic rings. The van der Waals surface area contributed by atoms with Gasteiger partial charge in [0, 0.05) is 6.54 Å². The summed E-state index contributed by atoms with van der Waals surface area (Å²) >= 11 is 4.59. The van der Waals surface area contributed by atoms with Gasteiger partial charge in [-0.15, -0.1) is 0 Å². The SMILES string of the molecule is CC(C(N)=S)S(=O)(=O)NCC(C)(C)C(N)=O. The summed E-state index contributed by atoms with van der Waals surface area (Å²) in [5.74, 6) is -0.585. The molecule has 6 nitrogen and oxygen atoms in total. The first-order chi connectivity index (χ1) is 7.00. The molecule has 0 aliphatic heterocycles. The molecule has 0 fully saturated rings. The Hall–Kier alpha value is -0.730. The predicted molar refractivity (Wildman–Crippen MR) is 66.1 cm³/mol. The van der Waals surface area contributed by atoms with Gasteiger partial charge in [-0.05, 0) is 20.8 Å². The van der Waals surface area contributed by atoms with E-state index in [1.165, 1.54) is 6.92 Å². The molecule has 0 saturated carbocycles. The van der Waals surface area contributed by atoms with E-state index >= 15 is 0 Å². The Morgan fingerprint density at radius 3 is 2.19 bits per heavy atom. The Morgan fingerprint density at radius 1 is 1.44 bits per heavy atom. The number of carbonyl (C=O) groups excluding carboxylic acids is 1. The van der Waals surface area contributed by atoms with Crippen LogP contribution >= 0.6 is 12.2 Å². The predicted octanol–water partition coefficient (Wildman–Crippen LogP) is -0.908. The van der Waals surface area contributed by atoms with Crippen LogP contribution in [-0.4, -0.2) is 31.1 Å². The molecule has 0 bridgehead atoms. The Labute approximate surface area is 101 Å². The number of amides is 1. The summed E-state index contributed by atoms with van der Waals surface area (Å²) in [5.41, 5.74) is 9.40. The van der Waals surface area contributed by atoms with E-state index in [1.807, 2.05) is 0 Å². The highest BCUT2D eigenvalue weighted by atomic mass is 32.2. The quantitative estimate of drug-likeness (QED) is 0.539. The molecule has 0 heterocycles. The fraction of sp³-hybridized carbons (Fsp3) is 0.750. The molecule has 0 aromatic carbocycles. The molecule has 1 unspecified atom stereocenters. The van der Waals surface area contributed by atoms with Gasteiger partial charge in [0.1, 0.15) is 5.25 Å². The van der Waals surface area contributed by atoms with Gasteiger partial charge < -0.3 is 11.5 Å². The number of nitrogens with two attached hydrogens (primary N) is 2. The molecule has 0 saturated heterocycles. The van der Waals surface area contributed by atoms with Crippen molar-refractivity contribution in [3.63, 3.8) is 0 Å². The third-order valence-corrected chi connectivity index (χ3v) is 4.48. The third kappa shape index (κ3) is 4.03. The van der Waals surface area contributed by atoms with Gasteiger partial charge in [0.05, 0.1) is 10.4 Å². The minimum absolute atomic E-state index is 0.0857. The standard InChI is InChI=1S/C8H17N3O3S2/c1-5(6(9)15)16(13,14)11-4-8(2,3)7(10)12/h5,11H,4H2,1-3H3,(H2,9,15)(H2,10,12). The maximum atomic E-state index is 11.6. The molecule has 0 aromatic rings. The van der Waals surface area contributed by atoms with Crippen LogP contribution in [0, 0.1) is 5.41 Å². The summed E-state index contributed by atoms with van der Waals surface area (Å²) in [6, 6.07) is 0. The van der Waals surface area contributed by atoms with Crippen molar-refractivity contribution >= 4 is 33.1 Å².